The fraction of sp³-hybridized carbons (Fsp3) is 0.462. The third-order valence-electron chi connectivity index (χ3n) is 2.86. The minimum atomic E-state index is -3.48. The van der Waals surface area contributed by atoms with E-state index in [1.165, 1.54) is 18.4 Å². The molecule has 0 aliphatic heterocycles. The number of hydrogen-bond donors (Lipinski definition) is 3. The first-order chi connectivity index (χ1) is 9.78. The van der Waals surface area contributed by atoms with Crippen molar-refractivity contribution in [2.75, 3.05) is 32.6 Å². The lowest BCUT2D eigenvalue weighted by Gasteiger charge is -2.15. The number of aliphatic hydroxyl groups is 1. The van der Waals surface area contributed by atoms with Crippen molar-refractivity contribution in [3.63, 3.8) is 0 Å². The third-order valence-corrected chi connectivity index (χ3v) is 4.91. The van der Waals surface area contributed by atoms with E-state index in [2.05, 4.69) is 10.6 Å². The van der Waals surface area contributed by atoms with Crippen molar-refractivity contribution >= 4 is 33.0 Å². The largest absolute Gasteiger partial charge is 0.396 e. The lowest BCUT2D eigenvalue weighted by atomic mass is 10.2. The summed E-state index contributed by atoms with van der Waals surface area (Å²) >= 11 is 5.13. The normalized spacial score (nSPS) is 11.5. The Morgan fingerprint density at radius 3 is 2.62 bits per heavy atom. The van der Waals surface area contributed by atoms with Crippen molar-refractivity contribution in [3.05, 3.63) is 23.8 Å². The van der Waals surface area contributed by atoms with E-state index >= 15 is 0 Å². The van der Waals surface area contributed by atoms with Crippen LogP contribution < -0.4 is 10.6 Å². The Morgan fingerprint density at radius 2 is 2.05 bits per heavy atom. The number of aryl methyl sites for hydroxylation is 1. The number of sulfonamides is 1. The maximum Gasteiger partial charge on any atom is 0.242 e. The van der Waals surface area contributed by atoms with E-state index in [1.54, 1.807) is 18.2 Å². The lowest BCUT2D eigenvalue weighted by molar-refractivity contribution is 0.289. The molecule has 6 nitrogen and oxygen atoms in total. The summed E-state index contributed by atoms with van der Waals surface area (Å²) in [6, 6.07) is 4.86. The molecule has 0 radical (unpaired) electrons. The summed E-state index contributed by atoms with van der Waals surface area (Å²) in [7, 11) is -0.497. The van der Waals surface area contributed by atoms with Crippen LogP contribution >= 0.6 is 12.2 Å². The molecule has 0 aromatic heterocycles. The van der Waals surface area contributed by atoms with Gasteiger partial charge in [-0.15, -0.1) is 0 Å². The number of benzene rings is 1. The molecule has 1 aromatic rings. The maximum atomic E-state index is 12.1. The van der Waals surface area contributed by atoms with Gasteiger partial charge in [-0.25, -0.2) is 12.7 Å². The Kier molecular flexibility index (Phi) is 6.53. The smallest absolute Gasteiger partial charge is 0.242 e. The zero-order valence-corrected chi connectivity index (χ0v) is 14.0. The third kappa shape index (κ3) is 4.92. The molecule has 0 unspecified atom stereocenters. The summed E-state index contributed by atoms with van der Waals surface area (Å²) in [5.74, 6) is 0. The molecule has 0 bridgehead atoms. The van der Waals surface area contributed by atoms with Crippen LogP contribution in [0.25, 0.3) is 0 Å². The summed E-state index contributed by atoms with van der Waals surface area (Å²) in [5.41, 5.74) is 1.53. The maximum absolute atomic E-state index is 12.1. The molecular weight excluding hydrogens is 310 g/mol. The summed E-state index contributed by atoms with van der Waals surface area (Å²) < 4.78 is 25.4. The van der Waals surface area contributed by atoms with Gasteiger partial charge in [0.05, 0.1) is 4.90 Å². The van der Waals surface area contributed by atoms with E-state index in [-0.39, 0.29) is 11.5 Å². The second-order valence-corrected chi connectivity index (χ2v) is 7.28. The first-order valence-corrected chi connectivity index (χ1v) is 8.32. The monoisotopic (exact) mass is 331 g/mol. The molecule has 0 aliphatic rings. The molecule has 21 heavy (non-hydrogen) atoms. The van der Waals surface area contributed by atoms with Crippen molar-refractivity contribution in [3.8, 4) is 0 Å². The summed E-state index contributed by atoms with van der Waals surface area (Å²) in [6.45, 7) is 2.51. The van der Waals surface area contributed by atoms with Crippen LogP contribution in [0.1, 0.15) is 12.0 Å². The van der Waals surface area contributed by atoms with Crippen molar-refractivity contribution in [1.82, 2.24) is 9.62 Å². The van der Waals surface area contributed by atoms with Gasteiger partial charge >= 0.3 is 0 Å². The van der Waals surface area contributed by atoms with Gasteiger partial charge in [0, 0.05) is 32.9 Å². The van der Waals surface area contributed by atoms with Crippen molar-refractivity contribution < 1.29 is 13.5 Å². The first-order valence-electron chi connectivity index (χ1n) is 6.48. The minimum Gasteiger partial charge on any atom is -0.396 e. The van der Waals surface area contributed by atoms with Crippen LogP contribution in [-0.4, -0.2) is 50.2 Å². The fourth-order valence-corrected chi connectivity index (χ4v) is 2.69. The van der Waals surface area contributed by atoms with Crippen LogP contribution in [0.15, 0.2) is 23.1 Å². The molecule has 0 atom stereocenters. The molecule has 118 valence electrons. The van der Waals surface area contributed by atoms with Crippen LogP contribution in [0.2, 0.25) is 0 Å². The predicted octanol–water partition coefficient (Wildman–Crippen LogP) is 0.914. The number of aliphatic hydroxyl groups excluding tert-OH is 1. The molecule has 8 heteroatoms. The topological polar surface area (TPSA) is 81.7 Å². The Hall–Kier alpha value is -1.22. The average molecular weight is 331 g/mol. The van der Waals surface area contributed by atoms with E-state index in [1.807, 2.05) is 6.92 Å². The van der Waals surface area contributed by atoms with Crippen LogP contribution in [0.4, 0.5) is 5.69 Å². The molecular formula is C13H21N3O3S2. The Labute approximate surface area is 131 Å². The highest BCUT2D eigenvalue weighted by Crippen LogP contribution is 2.21. The van der Waals surface area contributed by atoms with Gasteiger partial charge in [-0.05, 0) is 43.3 Å². The zero-order valence-electron chi connectivity index (χ0n) is 12.4. The van der Waals surface area contributed by atoms with E-state index in [0.717, 1.165) is 5.56 Å². The molecule has 0 fully saturated rings. The number of anilines is 1. The molecule has 1 aromatic carbocycles. The SMILES string of the molecule is Cc1ccc(S(=O)(=O)N(C)C)cc1NC(=S)NCCCO. The molecule has 0 saturated carbocycles. The molecule has 3 N–H and O–H groups in total. The average Bonchev–Trinajstić information content (AvgIpc) is 2.41. The molecule has 0 heterocycles. The predicted molar refractivity (Wildman–Crippen MR) is 88.0 cm³/mol. The first kappa shape index (κ1) is 17.8. The van der Waals surface area contributed by atoms with Gasteiger partial charge in [0.15, 0.2) is 5.11 Å². The summed E-state index contributed by atoms with van der Waals surface area (Å²) in [5, 5.41) is 15.0. The minimum absolute atomic E-state index is 0.0885. The Morgan fingerprint density at radius 1 is 1.38 bits per heavy atom. The Balaban J connectivity index is 2.91. The molecule has 1 rings (SSSR count). The van der Waals surface area contributed by atoms with Gasteiger partial charge in [-0.3, -0.25) is 0 Å². The van der Waals surface area contributed by atoms with E-state index < -0.39 is 10.0 Å². The van der Waals surface area contributed by atoms with Crippen LogP contribution in [0.3, 0.4) is 0 Å². The van der Waals surface area contributed by atoms with Gasteiger partial charge in [0.2, 0.25) is 10.0 Å². The second-order valence-electron chi connectivity index (χ2n) is 4.72. The zero-order chi connectivity index (χ0) is 16.0. The summed E-state index contributed by atoms with van der Waals surface area (Å²) in [4.78, 5) is 0.207. The Bertz CT molecular complexity index is 601. The van der Waals surface area contributed by atoms with Gasteiger partial charge in [0.25, 0.3) is 0 Å². The molecule has 0 aliphatic carbocycles. The van der Waals surface area contributed by atoms with Gasteiger partial charge < -0.3 is 15.7 Å². The highest BCUT2D eigenvalue weighted by molar-refractivity contribution is 7.89. The second kappa shape index (κ2) is 7.69. The summed E-state index contributed by atoms with van der Waals surface area (Å²) in [6.07, 6.45) is 0.593. The molecule has 0 amide bonds. The van der Waals surface area contributed by atoms with Crippen molar-refractivity contribution in [1.29, 1.82) is 0 Å². The van der Waals surface area contributed by atoms with E-state index in [9.17, 15) is 8.42 Å². The van der Waals surface area contributed by atoms with Crippen LogP contribution in [-0.2, 0) is 10.0 Å². The van der Waals surface area contributed by atoms with E-state index in [4.69, 9.17) is 17.3 Å². The fourth-order valence-electron chi connectivity index (χ4n) is 1.55. The highest BCUT2D eigenvalue weighted by Gasteiger charge is 2.18. The molecule has 0 saturated heterocycles. The lowest BCUT2D eigenvalue weighted by Crippen LogP contribution is -2.30. The number of nitrogens with one attached hydrogen (secondary N) is 2. The highest BCUT2D eigenvalue weighted by atomic mass is 32.2. The number of thiocarbonyl (C=S) groups is 1. The van der Waals surface area contributed by atoms with E-state index in [0.29, 0.717) is 23.8 Å². The van der Waals surface area contributed by atoms with Crippen molar-refractivity contribution in [2.24, 2.45) is 0 Å². The number of rotatable bonds is 6. The van der Waals surface area contributed by atoms with Crippen LogP contribution in [0.5, 0.6) is 0 Å². The van der Waals surface area contributed by atoms with Crippen LogP contribution in [0, 0.1) is 6.92 Å². The van der Waals surface area contributed by atoms with Crippen molar-refractivity contribution in [2.45, 2.75) is 18.2 Å². The molecule has 0 spiro atoms. The van der Waals surface area contributed by atoms with Gasteiger partial charge in [-0.1, -0.05) is 6.07 Å². The number of hydrogen-bond acceptors (Lipinski definition) is 4. The van der Waals surface area contributed by atoms with Gasteiger partial charge in [-0.2, -0.15) is 0 Å². The quantitative estimate of drug-likeness (QED) is 0.531. The number of nitrogens with zero attached hydrogens (tertiary/aromatic N) is 1. The van der Waals surface area contributed by atoms with Gasteiger partial charge in [0.1, 0.15) is 0 Å². The standard InChI is InChI=1S/C13H21N3O3S2/c1-10-5-6-11(21(18,19)16(2)3)9-12(10)15-13(20)14-7-4-8-17/h5-6,9,17H,4,7-8H2,1-3H3,(H2,14,15,20).